The lowest BCUT2D eigenvalue weighted by atomic mass is 9.55. The second-order valence-corrected chi connectivity index (χ2v) is 7.91. The molecule has 1 saturated heterocycles. The molecule has 0 spiro atoms. The summed E-state index contributed by atoms with van der Waals surface area (Å²) in [6.07, 6.45) is 4.59. The van der Waals surface area contributed by atoms with E-state index in [0.29, 0.717) is 6.61 Å². The maximum atomic E-state index is 13.5. The minimum absolute atomic E-state index is 0.102. The first kappa shape index (κ1) is 19.2. The Balaban J connectivity index is 1.19. The van der Waals surface area contributed by atoms with Gasteiger partial charge in [0.2, 0.25) is 5.95 Å². The number of aromatic nitrogens is 2. The van der Waals surface area contributed by atoms with Gasteiger partial charge in [-0.05, 0) is 46.7 Å². The van der Waals surface area contributed by atoms with Crippen molar-refractivity contribution < 1.29 is 9.04 Å². The van der Waals surface area contributed by atoms with E-state index in [9.17, 15) is 4.39 Å². The molecule has 5 rings (SSSR count). The molecule has 7 heteroatoms. The molecule has 1 fully saturated rings. The van der Waals surface area contributed by atoms with Crippen LogP contribution in [0, 0.1) is 5.82 Å². The smallest absolute Gasteiger partial charge is 0.362 e. The molecular weight excluding hydrogens is 378 g/mol. The largest absolute Gasteiger partial charge is 0.423 e. The molecule has 2 aliphatic heterocycles. The van der Waals surface area contributed by atoms with E-state index in [-0.39, 0.29) is 12.7 Å². The number of hydrogen-bond acceptors (Lipinski definition) is 5. The summed E-state index contributed by atoms with van der Waals surface area (Å²) in [4.78, 5) is 13.4. The summed E-state index contributed by atoms with van der Waals surface area (Å²) in [5.41, 5.74) is 4.47. The van der Waals surface area contributed by atoms with Gasteiger partial charge in [0.25, 0.3) is 0 Å². The van der Waals surface area contributed by atoms with Gasteiger partial charge in [0.1, 0.15) is 5.82 Å². The van der Waals surface area contributed by atoms with Crippen LogP contribution >= 0.6 is 0 Å². The maximum Gasteiger partial charge on any atom is 0.362 e. The van der Waals surface area contributed by atoms with Crippen LogP contribution in [-0.4, -0.2) is 54.5 Å². The maximum absolute atomic E-state index is 13.5. The molecule has 1 aromatic heterocycles. The number of halogens is 1. The zero-order valence-electron chi connectivity index (χ0n) is 16.9. The molecule has 5 nitrogen and oxygen atoms in total. The Morgan fingerprint density at radius 3 is 2.63 bits per heavy atom. The fraction of sp³-hybridized carbons (Fsp3) is 0.304. The van der Waals surface area contributed by atoms with Gasteiger partial charge in [0, 0.05) is 45.1 Å². The number of nitrogens with zero attached hydrogens (tertiary/aromatic N) is 4. The molecule has 152 valence electrons. The van der Waals surface area contributed by atoms with Crippen molar-refractivity contribution in [1.29, 1.82) is 0 Å². The van der Waals surface area contributed by atoms with Crippen molar-refractivity contribution in [3.63, 3.8) is 0 Å². The van der Waals surface area contributed by atoms with Gasteiger partial charge >= 0.3 is 6.92 Å². The first-order valence-electron chi connectivity index (χ1n) is 10.5. The van der Waals surface area contributed by atoms with Gasteiger partial charge in [0.05, 0.1) is 6.61 Å². The summed E-state index contributed by atoms with van der Waals surface area (Å²) in [6, 6.07) is 15.4. The van der Waals surface area contributed by atoms with Crippen molar-refractivity contribution >= 4 is 23.8 Å². The lowest BCUT2D eigenvalue weighted by Gasteiger charge is -2.34. The number of hydrogen-bond donors (Lipinski definition) is 0. The average Bonchev–Trinajstić information content (AvgIpc) is 3.22. The summed E-state index contributed by atoms with van der Waals surface area (Å²) < 4.78 is 19.5. The minimum Gasteiger partial charge on any atom is -0.423 e. The Morgan fingerprint density at radius 1 is 0.967 bits per heavy atom. The van der Waals surface area contributed by atoms with Gasteiger partial charge in [-0.2, -0.15) is 0 Å². The topological polar surface area (TPSA) is 41.5 Å². The molecule has 0 amide bonds. The Morgan fingerprint density at radius 2 is 1.80 bits per heavy atom. The molecule has 3 aromatic rings. The molecule has 30 heavy (non-hydrogen) atoms. The van der Waals surface area contributed by atoms with Gasteiger partial charge in [-0.15, -0.1) is 0 Å². The van der Waals surface area contributed by atoms with E-state index in [1.807, 2.05) is 12.1 Å². The third-order valence-electron chi connectivity index (χ3n) is 5.97. The van der Waals surface area contributed by atoms with Crippen molar-refractivity contribution in [3.05, 3.63) is 77.9 Å². The fourth-order valence-corrected chi connectivity index (χ4v) is 4.32. The number of rotatable bonds is 5. The van der Waals surface area contributed by atoms with Crippen LogP contribution in [0.4, 0.5) is 10.3 Å². The molecule has 0 radical (unpaired) electrons. The summed E-state index contributed by atoms with van der Waals surface area (Å²) in [6.45, 7) is 5.33. The van der Waals surface area contributed by atoms with Crippen LogP contribution in [0.5, 0.6) is 0 Å². The van der Waals surface area contributed by atoms with E-state index >= 15 is 0 Å². The van der Waals surface area contributed by atoms with Crippen LogP contribution < -0.4 is 15.8 Å². The summed E-state index contributed by atoms with van der Waals surface area (Å²) >= 11 is 0. The van der Waals surface area contributed by atoms with E-state index in [0.717, 1.165) is 61.6 Å². The Kier molecular flexibility index (Phi) is 5.47. The molecule has 2 aliphatic rings. The van der Waals surface area contributed by atoms with E-state index in [1.54, 1.807) is 18.5 Å². The Labute approximate surface area is 176 Å². The van der Waals surface area contributed by atoms with E-state index in [4.69, 9.17) is 4.65 Å². The summed E-state index contributed by atoms with van der Waals surface area (Å²) in [5, 5.41) is 0. The zero-order chi connectivity index (χ0) is 20.3. The number of anilines is 1. The molecule has 3 heterocycles. The zero-order valence-corrected chi connectivity index (χ0v) is 16.9. The van der Waals surface area contributed by atoms with Crippen LogP contribution in [-0.2, 0) is 17.7 Å². The molecule has 0 atom stereocenters. The Bertz CT molecular complexity index is 1010. The van der Waals surface area contributed by atoms with Gasteiger partial charge in [0.15, 0.2) is 0 Å². The van der Waals surface area contributed by atoms with Gasteiger partial charge in [-0.1, -0.05) is 30.3 Å². The van der Waals surface area contributed by atoms with Crippen molar-refractivity contribution in [2.75, 3.05) is 37.6 Å². The van der Waals surface area contributed by atoms with Crippen molar-refractivity contribution in [2.24, 2.45) is 0 Å². The lowest BCUT2D eigenvalue weighted by molar-refractivity contribution is 0.260. The third-order valence-corrected chi connectivity index (χ3v) is 5.97. The van der Waals surface area contributed by atoms with Crippen LogP contribution in [0.25, 0.3) is 0 Å². The fourth-order valence-electron chi connectivity index (χ4n) is 4.32. The van der Waals surface area contributed by atoms with Crippen LogP contribution in [0.15, 0.2) is 60.9 Å². The predicted molar refractivity (Wildman–Crippen MR) is 117 cm³/mol. The minimum atomic E-state index is -0.203. The molecule has 0 N–H and O–H groups in total. The van der Waals surface area contributed by atoms with E-state index < -0.39 is 0 Å². The monoisotopic (exact) mass is 402 g/mol. The van der Waals surface area contributed by atoms with Crippen LogP contribution in [0.1, 0.15) is 11.1 Å². The van der Waals surface area contributed by atoms with E-state index in [2.05, 4.69) is 44.0 Å². The second-order valence-electron chi connectivity index (χ2n) is 7.91. The molecule has 2 aromatic carbocycles. The van der Waals surface area contributed by atoms with Crippen LogP contribution in [0.3, 0.4) is 0 Å². The van der Waals surface area contributed by atoms with Gasteiger partial charge in [-0.3, -0.25) is 4.90 Å². The molecular formula is C23H24BFN4O. The second kappa shape index (κ2) is 8.54. The molecule has 0 aliphatic carbocycles. The predicted octanol–water partition coefficient (Wildman–Crippen LogP) is 1.62. The standard InChI is InChI=1S/C23H24BFN4O/c25-21-5-6-22-19(16-21)17-30-24(22)20-4-1-3-18(15-20)7-10-28-11-13-29(14-12-28)23-26-8-2-9-27-23/h1-6,8-9,15-16H,7,10-14,17H2. The third kappa shape index (κ3) is 4.08. The first-order chi connectivity index (χ1) is 14.8. The summed E-state index contributed by atoms with van der Waals surface area (Å²) in [7, 11) is 0. The Hall–Kier alpha value is -2.77. The number of benzene rings is 2. The van der Waals surface area contributed by atoms with Crippen molar-refractivity contribution in [2.45, 2.75) is 13.0 Å². The van der Waals surface area contributed by atoms with Gasteiger partial charge < -0.3 is 9.55 Å². The number of fused-ring (bicyclic) bond motifs is 1. The highest BCUT2D eigenvalue weighted by Crippen LogP contribution is 2.14. The normalized spacial score (nSPS) is 16.7. The lowest BCUT2D eigenvalue weighted by Crippen LogP contribution is -2.47. The quantitative estimate of drug-likeness (QED) is 0.607. The van der Waals surface area contributed by atoms with Crippen LogP contribution in [0.2, 0.25) is 0 Å². The SMILES string of the molecule is Fc1ccc2c(c1)COB2c1cccc(CCN2CCN(c3ncccn3)CC2)c1. The average molecular weight is 402 g/mol. The van der Waals surface area contributed by atoms with Gasteiger partial charge in [-0.25, -0.2) is 14.4 Å². The summed E-state index contributed by atoms with van der Waals surface area (Å²) in [5.74, 6) is 0.618. The van der Waals surface area contributed by atoms with Crippen molar-refractivity contribution in [3.8, 4) is 0 Å². The number of piperazine rings is 1. The highest BCUT2D eigenvalue weighted by Gasteiger charge is 2.30. The van der Waals surface area contributed by atoms with Crippen molar-refractivity contribution in [1.82, 2.24) is 14.9 Å². The van der Waals surface area contributed by atoms with E-state index in [1.165, 1.54) is 11.6 Å². The first-order valence-corrected chi connectivity index (χ1v) is 10.5. The highest BCUT2D eigenvalue weighted by molar-refractivity contribution is 6.81. The molecule has 0 bridgehead atoms. The molecule has 0 unspecified atom stereocenters. The molecule has 0 saturated carbocycles. The highest BCUT2D eigenvalue weighted by atomic mass is 19.1.